The minimum absolute atomic E-state index is 0.0956. The van der Waals surface area contributed by atoms with Crippen LogP contribution in [0.5, 0.6) is 0 Å². The van der Waals surface area contributed by atoms with Crippen LogP contribution in [0.25, 0.3) is 0 Å². The largest absolute Gasteiger partial charge is 0.467 e. The maximum Gasteiger partial charge on any atom is 0.262 e. The minimum Gasteiger partial charge on any atom is -0.467 e. The summed E-state index contributed by atoms with van der Waals surface area (Å²) in [4.78, 5) is 30.6. The van der Waals surface area contributed by atoms with E-state index < -0.39 is 23.7 Å². The van der Waals surface area contributed by atoms with Gasteiger partial charge in [-0.25, -0.2) is 13.8 Å². The SMILES string of the molecule is O=C(c1ccccc1F)N(CCN1CCOCC1)CC(=O)N1N=C(c2ccc(F)cc2)C[C@H]1c1ccco1. The van der Waals surface area contributed by atoms with Crippen molar-refractivity contribution in [1.82, 2.24) is 14.8 Å². The fourth-order valence-corrected chi connectivity index (χ4v) is 4.64. The molecule has 0 saturated carbocycles. The van der Waals surface area contributed by atoms with Crippen LogP contribution < -0.4 is 0 Å². The van der Waals surface area contributed by atoms with Gasteiger partial charge in [-0.15, -0.1) is 0 Å². The molecule has 2 aliphatic heterocycles. The highest BCUT2D eigenvalue weighted by molar-refractivity contribution is 6.03. The molecule has 1 saturated heterocycles. The fourth-order valence-electron chi connectivity index (χ4n) is 4.64. The van der Waals surface area contributed by atoms with Gasteiger partial charge in [-0.1, -0.05) is 24.3 Å². The molecule has 5 rings (SSSR count). The molecule has 8 nitrogen and oxygen atoms in total. The van der Waals surface area contributed by atoms with E-state index in [1.807, 2.05) is 0 Å². The molecular weight excluding hydrogens is 494 g/mol. The van der Waals surface area contributed by atoms with Crippen LogP contribution in [0.15, 0.2) is 76.4 Å². The van der Waals surface area contributed by atoms with E-state index in [0.717, 1.165) is 0 Å². The Morgan fingerprint density at radius 1 is 1.00 bits per heavy atom. The van der Waals surface area contributed by atoms with Crippen molar-refractivity contribution in [2.45, 2.75) is 12.5 Å². The van der Waals surface area contributed by atoms with Gasteiger partial charge < -0.3 is 14.1 Å². The molecule has 1 aromatic heterocycles. The zero-order chi connectivity index (χ0) is 26.5. The minimum atomic E-state index is -0.646. The number of nitrogens with zero attached hydrogens (tertiary/aromatic N) is 4. The van der Waals surface area contributed by atoms with Crippen LogP contribution in [-0.2, 0) is 9.53 Å². The highest BCUT2D eigenvalue weighted by atomic mass is 19.1. The summed E-state index contributed by atoms with van der Waals surface area (Å²) in [5.41, 5.74) is 1.19. The van der Waals surface area contributed by atoms with Crippen molar-refractivity contribution in [2.24, 2.45) is 5.10 Å². The molecule has 38 heavy (non-hydrogen) atoms. The first-order chi connectivity index (χ1) is 18.5. The first-order valence-corrected chi connectivity index (χ1v) is 12.5. The van der Waals surface area contributed by atoms with E-state index in [9.17, 15) is 18.4 Å². The van der Waals surface area contributed by atoms with Crippen LogP contribution in [-0.4, -0.2) is 78.3 Å². The van der Waals surface area contributed by atoms with Gasteiger partial charge in [0.15, 0.2) is 0 Å². The summed E-state index contributed by atoms with van der Waals surface area (Å²) in [6.07, 6.45) is 1.88. The second-order valence-electron chi connectivity index (χ2n) is 9.19. The van der Waals surface area contributed by atoms with Gasteiger partial charge in [-0.05, 0) is 42.0 Å². The Bertz CT molecular complexity index is 1290. The predicted octanol–water partition coefficient (Wildman–Crippen LogP) is 3.71. The van der Waals surface area contributed by atoms with Crippen molar-refractivity contribution in [3.63, 3.8) is 0 Å². The molecule has 198 valence electrons. The molecule has 0 N–H and O–H groups in total. The van der Waals surface area contributed by atoms with Gasteiger partial charge in [0.05, 0.1) is 30.8 Å². The summed E-state index contributed by atoms with van der Waals surface area (Å²) in [7, 11) is 0. The lowest BCUT2D eigenvalue weighted by atomic mass is 10.0. The number of hydrogen-bond acceptors (Lipinski definition) is 6. The van der Waals surface area contributed by atoms with Crippen molar-refractivity contribution < 1.29 is 27.5 Å². The standard InChI is InChI=1S/C28H28F2N4O4/c29-21-9-7-20(8-10-21)24-18-25(26-6-3-15-38-26)34(31-24)27(35)19-33(12-11-32-13-16-37-17-14-32)28(36)22-4-1-2-5-23(22)30/h1-10,15,25H,11-14,16-19H2/t25-/m0/s1. The lowest BCUT2D eigenvalue weighted by molar-refractivity contribution is -0.134. The number of halogens is 2. The summed E-state index contributed by atoms with van der Waals surface area (Å²) in [6, 6.07) is 14.6. The molecule has 0 aliphatic carbocycles. The molecule has 3 heterocycles. The van der Waals surface area contributed by atoms with Gasteiger partial charge >= 0.3 is 0 Å². The third-order valence-electron chi connectivity index (χ3n) is 6.72. The molecule has 2 amide bonds. The third-order valence-corrected chi connectivity index (χ3v) is 6.72. The molecule has 0 radical (unpaired) electrons. The maximum atomic E-state index is 14.5. The van der Waals surface area contributed by atoms with Crippen LogP contribution in [0.3, 0.4) is 0 Å². The first-order valence-electron chi connectivity index (χ1n) is 12.5. The fraction of sp³-hybridized carbons (Fsp3) is 0.321. The predicted molar refractivity (Wildman–Crippen MR) is 135 cm³/mol. The summed E-state index contributed by atoms with van der Waals surface area (Å²) in [5, 5.41) is 5.87. The van der Waals surface area contributed by atoms with Crippen LogP contribution in [0, 0.1) is 11.6 Å². The van der Waals surface area contributed by atoms with Gasteiger partial charge in [-0.3, -0.25) is 14.5 Å². The van der Waals surface area contributed by atoms with E-state index in [1.165, 1.54) is 46.5 Å². The third kappa shape index (κ3) is 5.81. The van der Waals surface area contributed by atoms with Gasteiger partial charge in [0.2, 0.25) is 0 Å². The number of amides is 2. The van der Waals surface area contributed by atoms with Crippen molar-refractivity contribution in [3.05, 3.63) is 95.4 Å². The van der Waals surface area contributed by atoms with E-state index >= 15 is 0 Å². The van der Waals surface area contributed by atoms with Gasteiger partial charge in [0.1, 0.15) is 30.0 Å². The van der Waals surface area contributed by atoms with E-state index in [-0.39, 0.29) is 24.5 Å². The Morgan fingerprint density at radius 3 is 2.47 bits per heavy atom. The molecular formula is C28H28F2N4O4. The molecule has 0 bridgehead atoms. The molecule has 3 aromatic rings. The van der Waals surface area contributed by atoms with Gasteiger partial charge in [0, 0.05) is 32.6 Å². The molecule has 1 atom stereocenters. The van der Waals surface area contributed by atoms with Gasteiger partial charge in [0.25, 0.3) is 11.8 Å². The van der Waals surface area contributed by atoms with E-state index in [4.69, 9.17) is 9.15 Å². The number of carbonyl (C=O) groups is 2. The lowest BCUT2D eigenvalue weighted by Gasteiger charge is -2.31. The van der Waals surface area contributed by atoms with Crippen molar-refractivity contribution in [2.75, 3.05) is 45.9 Å². The molecule has 1 fully saturated rings. The Balaban J connectivity index is 1.39. The topological polar surface area (TPSA) is 78.6 Å². The number of hydrogen-bond donors (Lipinski definition) is 0. The average Bonchev–Trinajstić information content (AvgIpc) is 3.62. The Hall–Kier alpha value is -3.89. The number of ether oxygens (including phenoxy) is 1. The zero-order valence-corrected chi connectivity index (χ0v) is 20.8. The summed E-state index contributed by atoms with van der Waals surface area (Å²) >= 11 is 0. The summed E-state index contributed by atoms with van der Waals surface area (Å²) < 4.78 is 39.0. The van der Waals surface area contributed by atoms with Crippen molar-refractivity contribution in [3.8, 4) is 0 Å². The molecule has 0 spiro atoms. The molecule has 2 aromatic carbocycles. The van der Waals surface area contributed by atoms with Crippen LogP contribution in [0.2, 0.25) is 0 Å². The molecule has 2 aliphatic rings. The molecule has 10 heteroatoms. The number of furan rings is 1. The maximum absolute atomic E-state index is 14.5. The Morgan fingerprint density at radius 2 is 1.76 bits per heavy atom. The van der Waals surface area contributed by atoms with Crippen molar-refractivity contribution >= 4 is 17.5 Å². The zero-order valence-electron chi connectivity index (χ0n) is 20.8. The Kier molecular flexibility index (Phi) is 7.90. The van der Waals surface area contributed by atoms with Crippen LogP contribution in [0.1, 0.15) is 34.1 Å². The second-order valence-corrected chi connectivity index (χ2v) is 9.19. The first kappa shape index (κ1) is 25.7. The molecule has 0 unspecified atom stereocenters. The normalized spacial score (nSPS) is 17.9. The van der Waals surface area contributed by atoms with Crippen LogP contribution >= 0.6 is 0 Å². The average molecular weight is 523 g/mol. The number of carbonyl (C=O) groups excluding carboxylic acids is 2. The quantitative estimate of drug-likeness (QED) is 0.451. The number of hydrazone groups is 1. The Labute approximate surface area is 219 Å². The number of benzene rings is 2. The monoisotopic (exact) mass is 522 g/mol. The van der Waals surface area contributed by atoms with Gasteiger partial charge in [-0.2, -0.15) is 5.10 Å². The second kappa shape index (κ2) is 11.7. The smallest absolute Gasteiger partial charge is 0.262 e. The van der Waals surface area contributed by atoms with E-state index in [0.29, 0.717) is 56.3 Å². The summed E-state index contributed by atoms with van der Waals surface area (Å²) in [5.74, 6) is -1.48. The number of morpholine rings is 1. The van der Waals surface area contributed by atoms with E-state index in [2.05, 4.69) is 10.0 Å². The number of rotatable bonds is 8. The highest BCUT2D eigenvalue weighted by Crippen LogP contribution is 2.33. The lowest BCUT2D eigenvalue weighted by Crippen LogP contribution is -2.46. The van der Waals surface area contributed by atoms with E-state index in [1.54, 1.807) is 30.3 Å². The van der Waals surface area contributed by atoms with Crippen LogP contribution in [0.4, 0.5) is 8.78 Å². The highest BCUT2D eigenvalue weighted by Gasteiger charge is 2.36. The summed E-state index contributed by atoms with van der Waals surface area (Å²) in [6.45, 7) is 3.07. The van der Waals surface area contributed by atoms with Crippen molar-refractivity contribution in [1.29, 1.82) is 0 Å².